The molecule has 0 amide bonds. The van der Waals surface area contributed by atoms with Gasteiger partial charge >= 0.3 is 0 Å². The van der Waals surface area contributed by atoms with Crippen LogP contribution in [0.4, 0.5) is 0 Å². The molecule has 0 aromatic carbocycles. The van der Waals surface area contributed by atoms with Gasteiger partial charge < -0.3 is 5.32 Å². The molecule has 3 nitrogen and oxygen atoms in total. The highest BCUT2D eigenvalue weighted by Crippen LogP contribution is 2.21. The molecule has 0 spiro atoms. The molecule has 14 heavy (non-hydrogen) atoms. The Morgan fingerprint density at radius 1 is 1.14 bits per heavy atom. The van der Waals surface area contributed by atoms with Crippen molar-refractivity contribution in [3.63, 3.8) is 0 Å². The largest absolute Gasteiger partial charge is 0.313 e. The van der Waals surface area contributed by atoms with Crippen LogP contribution in [-0.2, 0) is 0 Å². The fraction of sp³-hybridized carbons (Fsp3) is 1.00. The van der Waals surface area contributed by atoms with E-state index in [9.17, 15) is 0 Å². The van der Waals surface area contributed by atoms with Crippen LogP contribution in [0.25, 0.3) is 0 Å². The van der Waals surface area contributed by atoms with Gasteiger partial charge in [-0.05, 0) is 32.4 Å². The smallest absolute Gasteiger partial charge is 0.0224 e. The predicted molar refractivity (Wildman–Crippen MR) is 57.4 cm³/mol. The molecule has 0 aromatic heterocycles. The van der Waals surface area contributed by atoms with E-state index in [0.717, 1.165) is 12.1 Å². The third-order valence-electron chi connectivity index (χ3n) is 4.08. The summed E-state index contributed by atoms with van der Waals surface area (Å²) in [6.45, 7) is 7.85. The zero-order chi connectivity index (χ0) is 9.38. The Morgan fingerprint density at radius 3 is 2.86 bits per heavy atom. The molecule has 0 bridgehead atoms. The molecule has 3 rings (SSSR count). The topological polar surface area (TPSA) is 18.5 Å². The average molecular weight is 195 g/mol. The standard InChI is InChI=1S/C11H21N3/c1-2-11-9-13(6-7-14(11)5-1)8-10-3-4-12-10/h10-12H,1-9H2. The molecule has 3 fully saturated rings. The first-order valence-electron chi connectivity index (χ1n) is 6.11. The summed E-state index contributed by atoms with van der Waals surface area (Å²) in [7, 11) is 0. The van der Waals surface area contributed by atoms with Crippen LogP contribution in [0.1, 0.15) is 19.3 Å². The number of nitrogens with zero attached hydrogens (tertiary/aromatic N) is 2. The van der Waals surface area contributed by atoms with Crippen molar-refractivity contribution in [2.75, 3.05) is 39.3 Å². The van der Waals surface area contributed by atoms with Gasteiger partial charge in [-0.25, -0.2) is 0 Å². The van der Waals surface area contributed by atoms with Crippen LogP contribution in [0.5, 0.6) is 0 Å². The van der Waals surface area contributed by atoms with Crippen molar-refractivity contribution in [1.82, 2.24) is 15.1 Å². The van der Waals surface area contributed by atoms with Gasteiger partial charge in [0.15, 0.2) is 0 Å². The highest BCUT2D eigenvalue weighted by atomic mass is 15.3. The van der Waals surface area contributed by atoms with Gasteiger partial charge in [0, 0.05) is 38.3 Å². The van der Waals surface area contributed by atoms with Crippen molar-refractivity contribution in [2.24, 2.45) is 0 Å². The van der Waals surface area contributed by atoms with E-state index in [1.54, 1.807) is 0 Å². The number of fused-ring (bicyclic) bond motifs is 1. The maximum Gasteiger partial charge on any atom is 0.0224 e. The van der Waals surface area contributed by atoms with Gasteiger partial charge in [-0.3, -0.25) is 9.80 Å². The zero-order valence-electron chi connectivity index (χ0n) is 8.91. The highest BCUT2D eigenvalue weighted by molar-refractivity contribution is 4.89. The molecule has 0 aliphatic carbocycles. The number of piperazine rings is 1. The lowest BCUT2D eigenvalue weighted by Gasteiger charge is -2.41. The molecule has 3 aliphatic heterocycles. The molecule has 3 heteroatoms. The van der Waals surface area contributed by atoms with E-state index >= 15 is 0 Å². The second-order valence-electron chi connectivity index (χ2n) is 5.03. The lowest BCUT2D eigenvalue weighted by molar-refractivity contribution is 0.0887. The molecule has 0 saturated carbocycles. The minimum atomic E-state index is 0.808. The summed E-state index contributed by atoms with van der Waals surface area (Å²) in [6.07, 6.45) is 4.26. The lowest BCUT2D eigenvalue weighted by atomic mass is 10.1. The molecule has 1 N–H and O–H groups in total. The second-order valence-corrected chi connectivity index (χ2v) is 5.03. The maximum atomic E-state index is 3.50. The van der Waals surface area contributed by atoms with Gasteiger partial charge in [0.1, 0.15) is 0 Å². The van der Waals surface area contributed by atoms with E-state index in [1.165, 1.54) is 58.5 Å². The number of rotatable bonds is 2. The summed E-state index contributed by atoms with van der Waals surface area (Å²) in [5.74, 6) is 0. The van der Waals surface area contributed by atoms with Gasteiger partial charge in [0.2, 0.25) is 0 Å². The Balaban J connectivity index is 1.51. The van der Waals surface area contributed by atoms with Crippen molar-refractivity contribution in [2.45, 2.75) is 31.3 Å². The molecule has 2 atom stereocenters. The monoisotopic (exact) mass is 195 g/mol. The van der Waals surface area contributed by atoms with Gasteiger partial charge in [-0.1, -0.05) is 0 Å². The zero-order valence-corrected chi connectivity index (χ0v) is 8.91. The fourth-order valence-corrected chi connectivity index (χ4v) is 3.04. The summed E-state index contributed by atoms with van der Waals surface area (Å²) in [4.78, 5) is 5.36. The van der Waals surface area contributed by atoms with Crippen LogP contribution in [0.2, 0.25) is 0 Å². The van der Waals surface area contributed by atoms with Gasteiger partial charge in [-0.15, -0.1) is 0 Å². The lowest BCUT2D eigenvalue weighted by Crippen LogP contribution is -2.56. The van der Waals surface area contributed by atoms with Crippen LogP contribution in [0.3, 0.4) is 0 Å². The van der Waals surface area contributed by atoms with Crippen molar-refractivity contribution >= 4 is 0 Å². The Hall–Kier alpha value is -0.120. The van der Waals surface area contributed by atoms with Crippen molar-refractivity contribution in [3.8, 4) is 0 Å². The predicted octanol–water partition coefficient (Wildman–Crippen LogP) is 0.128. The quantitative estimate of drug-likeness (QED) is 0.675. The molecule has 3 saturated heterocycles. The van der Waals surface area contributed by atoms with Crippen molar-refractivity contribution in [1.29, 1.82) is 0 Å². The summed E-state index contributed by atoms with van der Waals surface area (Å²) >= 11 is 0. The van der Waals surface area contributed by atoms with E-state index in [-0.39, 0.29) is 0 Å². The Labute approximate surface area is 86.4 Å². The minimum Gasteiger partial charge on any atom is -0.313 e. The van der Waals surface area contributed by atoms with Crippen LogP contribution in [-0.4, -0.2) is 61.2 Å². The Bertz CT molecular complexity index is 203. The van der Waals surface area contributed by atoms with Gasteiger partial charge in [0.25, 0.3) is 0 Å². The first-order chi connectivity index (χ1) is 6.92. The summed E-state index contributed by atoms with van der Waals surface area (Å²) in [6, 6.07) is 1.70. The summed E-state index contributed by atoms with van der Waals surface area (Å²) in [5.41, 5.74) is 0. The summed E-state index contributed by atoms with van der Waals surface area (Å²) in [5, 5.41) is 3.50. The SMILES string of the molecule is C1CC2CN(CC3CCN3)CCN2C1. The van der Waals surface area contributed by atoms with Gasteiger partial charge in [0.05, 0.1) is 0 Å². The molecule has 80 valence electrons. The molecular formula is C11H21N3. The first kappa shape index (κ1) is 9.13. The molecule has 3 heterocycles. The van der Waals surface area contributed by atoms with E-state index in [1.807, 2.05) is 0 Å². The first-order valence-corrected chi connectivity index (χ1v) is 6.11. The minimum absolute atomic E-state index is 0.808. The third kappa shape index (κ3) is 1.69. The molecule has 0 radical (unpaired) electrons. The van der Waals surface area contributed by atoms with Crippen LogP contribution < -0.4 is 5.32 Å². The number of hydrogen-bond acceptors (Lipinski definition) is 3. The number of hydrogen-bond donors (Lipinski definition) is 1. The maximum absolute atomic E-state index is 3.50. The molecule has 0 aromatic rings. The van der Waals surface area contributed by atoms with Crippen molar-refractivity contribution in [3.05, 3.63) is 0 Å². The molecule has 3 aliphatic rings. The highest BCUT2D eigenvalue weighted by Gasteiger charge is 2.31. The fourth-order valence-electron chi connectivity index (χ4n) is 3.04. The Kier molecular flexibility index (Phi) is 2.48. The average Bonchev–Trinajstić information content (AvgIpc) is 2.58. The number of nitrogens with one attached hydrogen (secondary N) is 1. The van der Waals surface area contributed by atoms with Crippen LogP contribution in [0, 0.1) is 0 Å². The summed E-state index contributed by atoms with van der Waals surface area (Å²) < 4.78 is 0. The third-order valence-corrected chi connectivity index (χ3v) is 4.08. The van der Waals surface area contributed by atoms with E-state index in [2.05, 4.69) is 15.1 Å². The van der Waals surface area contributed by atoms with Crippen molar-refractivity contribution < 1.29 is 0 Å². The van der Waals surface area contributed by atoms with Gasteiger partial charge in [-0.2, -0.15) is 0 Å². The van der Waals surface area contributed by atoms with E-state index < -0.39 is 0 Å². The normalized spacial score (nSPS) is 39.4. The Morgan fingerprint density at radius 2 is 2.07 bits per heavy atom. The second kappa shape index (κ2) is 3.80. The van der Waals surface area contributed by atoms with E-state index in [4.69, 9.17) is 0 Å². The van der Waals surface area contributed by atoms with E-state index in [0.29, 0.717) is 0 Å². The van der Waals surface area contributed by atoms with Crippen LogP contribution >= 0.6 is 0 Å². The van der Waals surface area contributed by atoms with Crippen LogP contribution in [0.15, 0.2) is 0 Å². The molecular weight excluding hydrogens is 174 g/mol. The molecule has 2 unspecified atom stereocenters.